The van der Waals surface area contributed by atoms with Crippen molar-refractivity contribution < 1.29 is 0 Å². The maximum atomic E-state index is 4.26. The van der Waals surface area contributed by atoms with E-state index in [-0.39, 0.29) is 10.8 Å². The van der Waals surface area contributed by atoms with E-state index in [2.05, 4.69) is 66.6 Å². The van der Waals surface area contributed by atoms with E-state index in [0.29, 0.717) is 5.92 Å². The summed E-state index contributed by atoms with van der Waals surface area (Å²) >= 11 is 0. The Morgan fingerprint density at radius 1 is 1.00 bits per heavy atom. The van der Waals surface area contributed by atoms with Gasteiger partial charge in [0.15, 0.2) is 0 Å². The van der Waals surface area contributed by atoms with Crippen LogP contribution in [0.1, 0.15) is 55.4 Å². The van der Waals surface area contributed by atoms with Gasteiger partial charge in [0.05, 0.1) is 0 Å². The maximum absolute atomic E-state index is 4.26. The zero-order chi connectivity index (χ0) is 13.1. The third-order valence-electron chi connectivity index (χ3n) is 2.89. The molecule has 0 aromatic rings. The number of rotatable bonds is 2. The average molecular weight is 223 g/mol. The van der Waals surface area contributed by atoms with E-state index in [1.54, 1.807) is 0 Å². The number of nitrogens with zero attached hydrogens (tertiary/aromatic N) is 1. The molecule has 0 aromatic heterocycles. The molecular formula is C15H29N. The van der Waals surface area contributed by atoms with Crippen molar-refractivity contribution in [1.29, 1.82) is 0 Å². The van der Waals surface area contributed by atoms with Crippen LogP contribution in [-0.2, 0) is 0 Å². The van der Waals surface area contributed by atoms with Crippen molar-refractivity contribution in [2.45, 2.75) is 55.4 Å². The van der Waals surface area contributed by atoms with Crippen LogP contribution in [0.5, 0.6) is 0 Å². The van der Waals surface area contributed by atoms with Crippen LogP contribution in [0.15, 0.2) is 16.1 Å². The summed E-state index contributed by atoms with van der Waals surface area (Å²) in [6.07, 6.45) is 2.10. The van der Waals surface area contributed by atoms with Gasteiger partial charge in [0.2, 0.25) is 0 Å². The first kappa shape index (κ1) is 15.4. The Balaban J connectivity index is 5.60. The number of allylic oxidation sites excluding steroid dienone is 2. The van der Waals surface area contributed by atoms with E-state index >= 15 is 0 Å². The number of aliphatic imine (C=N–C) groups is 1. The maximum Gasteiger partial charge on any atom is 0.0273 e. The summed E-state index contributed by atoms with van der Waals surface area (Å²) in [7, 11) is 1.87. The Kier molecular flexibility index (Phi) is 4.97. The van der Waals surface area contributed by atoms with Crippen LogP contribution in [0.2, 0.25) is 0 Å². The van der Waals surface area contributed by atoms with E-state index in [4.69, 9.17) is 0 Å². The Morgan fingerprint density at radius 2 is 1.44 bits per heavy atom. The van der Waals surface area contributed by atoms with Gasteiger partial charge in [-0.25, -0.2) is 0 Å². The van der Waals surface area contributed by atoms with Gasteiger partial charge in [-0.05, 0) is 24.7 Å². The molecule has 1 heteroatoms. The van der Waals surface area contributed by atoms with Crippen LogP contribution in [0, 0.1) is 16.7 Å². The summed E-state index contributed by atoms with van der Waals surface area (Å²) < 4.78 is 0. The minimum Gasteiger partial charge on any atom is -0.300 e. The van der Waals surface area contributed by atoms with Crippen LogP contribution < -0.4 is 0 Å². The number of hydrogen-bond donors (Lipinski definition) is 0. The van der Waals surface area contributed by atoms with E-state index in [0.717, 1.165) is 0 Å². The van der Waals surface area contributed by atoms with Crippen molar-refractivity contribution in [1.82, 2.24) is 0 Å². The molecule has 94 valence electrons. The Bertz CT molecular complexity index is 278. The second kappa shape index (κ2) is 5.16. The van der Waals surface area contributed by atoms with E-state index in [1.807, 2.05) is 7.05 Å². The topological polar surface area (TPSA) is 12.4 Å². The SMILES string of the molecule is C/N=C\C(C(=C(C)C)C(C)(C)C)C(C)(C)C. The van der Waals surface area contributed by atoms with Crippen molar-refractivity contribution in [3.05, 3.63) is 11.1 Å². The van der Waals surface area contributed by atoms with Crippen LogP contribution in [0.25, 0.3) is 0 Å². The lowest BCUT2D eigenvalue weighted by Gasteiger charge is -2.37. The van der Waals surface area contributed by atoms with Gasteiger partial charge in [-0.2, -0.15) is 0 Å². The van der Waals surface area contributed by atoms with Crippen molar-refractivity contribution in [3.8, 4) is 0 Å². The molecule has 0 N–H and O–H groups in total. The second-order valence-electron chi connectivity index (χ2n) is 6.91. The smallest absolute Gasteiger partial charge is 0.0273 e. The summed E-state index contributed by atoms with van der Waals surface area (Å²) in [5.41, 5.74) is 3.37. The molecule has 16 heavy (non-hydrogen) atoms. The molecule has 0 radical (unpaired) electrons. The van der Waals surface area contributed by atoms with Gasteiger partial charge in [0, 0.05) is 19.2 Å². The highest BCUT2D eigenvalue weighted by Gasteiger charge is 2.33. The zero-order valence-electron chi connectivity index (χ0n) is 12.6. The molecule has 0 rings (SSSR count). The standard InChI is InChI=1S/C15H29N/c1-11(2)13(15(6,7)8)12(10-16-9)14(3,4)5/h10,12H,1-9H3/b16-10-. The van der Waals surface area contributed by atoms with Gasteiger partial charge in [0.1, 0.15) is 0 Å². The number of hydrogen-bond acceptors (Lipinski definition) is 1. The summed E-state index contributed by atoms with van der Waals surface area (Å²) in [5, 5.41) is 0. The molecule has 0 amide bonds. The molecule has 0 aromatic carbocycles. The quantitative estimate of drug-likeness (QED) is 0.474. The molecule has 0 bridgehead atoms. The minimum absolute atomic E-state index is 0.206. The lowest BCUT2D eigenvalue weighted by Crippen LogP contribution is -2.30. The fourth-order valence-electron chi connectivity index (χ4n) is 2.41. The normalized spacial score (nSPS) is 15.3. The van der Waals surface area contributed by atoms with Crippen LogP contribution in [-0.4, -0.2) is 13.3 Å². The Morgan fingerprint density at radius 3 is 1.62 bits per heavy atom. The first-order valence-electron chi connectivity index (χ1n) is 6.12. The van der Waals surface area contributed by atoms with Gasteiger partial charge in [-0.1, -0.05) is 52.7 Å². The highest BCUT2D eigenvalue weighted by atomic mass is 14.7. The zero-order valence-corrected chi connectivity index (χ0v) is 12.6. The van der Waals surface area contributed by atoms with Crippen LogP contribution >= 0.6 is 0 Å². The van der Waals surface area contributed by atoms with Crippen molar-refractivity contribution in [3.63, 3.8) is 0 Å². The highest BCUT2D eigenvalue weighted by molar-refractivity contribution is 5.67. The predicted octanol–water partition coefficient (Wildman–Crippen LogP) is 4.73. The summed E-state index contributed by atoms with van der Waals surface area (Å²) in [4.78, 5) is 4.26. The van der Waals surface area contributed by atoms with Crippen molar-refractivity contribution in [2.24, 2.45) is 21.7 Å². The fraction of sp³-hybridized carbons (Fsp3) is 0.800. The van der Waals surface area contributed by atoms with E-state index < -0.39 is 0 Å². The predicted molar refractivity (Wildman–Crippen MR) is 75.2 cm³/mol. The molecule has 0 heterocycles. The fourth-order valence-corrected chi connectivity index (χ4v) is 2.41. The molecule has 1 unspecified atom stereocenters. The van der Waals surface area contributed by atoms with Crippen LogP contribution in [0.4, 0.5) is 0 Å². The molecule has 0 saturated carbocycles. The van der Waals surface area contributed by atoms with E-state index in [9.17, 15) is 0 Å². The van der Waals surface area contributed by atoms with Gasteiger partial charge >= 0.3 is 0 Å². The molecule has 0 saturated heterocycles. The van der Waals surface area contributed by atoms with Gasteiger partial charge < -0.3 is 4.99 Å². The molecule has 0 aliphatic heterocycles. The third-order valence-corrected chi connectivity index (χ3v) is 2.89. The van der Waals surface area contributed by atoms with Crippen molar-refractivity contribution in [2.75, 3.05) is 7.05 Å². The monoisotopic (exact) mass is 223 g/mol. The van der Waals surface area contributed by atoms with Gasteiger partial charge in [-0.3, -0.25) is 0 Å². The Hall–Kier alpha value is -0.590. The Labute approximate surface area is 102 Å². The molecule has 1 nitrogen and oxygen atoms in total. The summed E-state index contributed by atoms with van der Waals surface area (Å²) in [6.45, 7) is 18.1. The third kappa shape index (κ3) is 4.11. The lowest BCUT2D eigenvalue weighted by atomic mass is 9.67. The summed E-state index contributed by atoms with van der Waals surface area (Å²) in [6, 6.07) is 0. The molecule has 0 aliphatic carbocycles. The summed E-state index contributed by atoms with van der Waals surface area (Å²) in [5.74, 6) is 0.419. The molecule has 0 aliphatic rings. The first-order chi connectivity index (χ1) is 7.01. The second-order valence-corrected chi connectivity index (χ2v) is 6.91. The lowest BCUT2D eigenvalue weighted by molar-refractivity contribution is 0.305. The van der Waals surface area contributed by atoms with E-state index in [1.165, 1.54) is 11.1 Å². The largest absolute Gasteiger partial charge is 0.300 e. The molecular weight excluding hydrogens is 194 g/mol. The first-order valence-corrected chi connectivity index (χ1v) is 6.12. The average Bonchev–Trinajstić information content (AvgIpc) is 1.98. The van der Waals surface area contributed by atoms with Gasteiger partial charge in [0.25, 0.3) is 0 Å². The van der Waals surface area contributed by atoms with Crippen molar-refractivity contribution >= 4 is 6.21 Å². The highest BCUT2D eigenvalue weighted by Crippen LogP contribution is 2.41. The van der Waals surface area contributed by atoms with Gasteiger partial charge in [-0.15, -0.1) is 0 Å². The van der Waals surface area contributed by atoms with Crippen LogP contribution in [0.3, 0.4) is 0 Å². The molecule has 0 spiro atoms. The molecule has 0 fully saturated rings. The minimum atomic E-state index is 0.206. The molecule has 1 atom stereocenters.